The lowest BCUT2D eigenvalue weighted by atomic mass is 10.0. The van der Waals surface area contributed by atoms with Crippen LogP contribution in [0.2, 0.25) is 0 Å². The van der Waals surface area contributed by atoms with E-state index in [9.17, 15) is 9.90 Å². The fraction of sp³-hybridized carbons (Fsp3) is 0.267. The van der Waals surface area contributed by atoms with Gasteiger partial charge in [-0.2, -0.15) is 0 Å². The van der Waals surface area contributed by atoms with Crippen molar-refractivity contribution < 1.29 is 14.3 Å². The molecule has 22 heavy (non-hydrogen) atoms. The van der Waals surface area contributed by atoms with Gasteiger partial charge in [0.05, 0.1) is 18.4 Å². The lowest BCUT2D eigenvalue weighted by Crippen LogP contribution is -2.38. The number of carbonyl (C=O) groups is 1. The molecule has 2 N–H and O–H groups in total. The molecule has 3 heterocycles. The van der Waals surface area contributed by atoms with Gasteiger partial charge in [0, 0.05) is 6.20 Å². The molecule has 3 aromatic rings. The van der Waals surface area contributed by atoms with Crippen molar-refractivity contribution in [2.24, 2.45) is 0 Å². The number of carbonyl (C=O) groups excluding carboxylic acids is 1. The molecule has 0 aliphatic rings. The van der Waals surface area contributed by atoms with E-state index < -0.39 is 5.60 Å². The van der Waals surface area contributed by atoms with Crippen LogP contribution in [0.25, 0.3) is 5.65 Å². The Balaban J connectivity index is 1.74. The zero-order valence-corrected chi connectivity index (χ0v) is 12.3. The first kappa shape index (κ1) is 14.3. The summed E-state index contributed by atoms with van der Waals surface area (Å²) in [7, 11) is 0. The molecule has 0 aliphatic carbocycles. The molecule has 1 atom stereocenters. The van der Waals surface area contributed by atoms with Gasteiger partial charge in [0.25, 0.3) is 5.91 Å². The normalized spacial score (nSPS) is 14.0. The number of nitrogens with zero attached hydrogens (tertiary/aromatic N) is 3. The number of nitrogens with one attached hydrogen (secondary N) is 1. The molecule has 0 radical (unpaired) electrons. The van der Waals surface area contributed by atoms with Crippen molar-refractivity contribution >= 4 is 11.6 Å². The monoisotopic (exact) mass is 300 g/mol. The van der Waals surface area contributed by atoms with E-state index in [1.807, 2.05) is 6.92 Å². The van der Waals surface area contributed by atoms with Crippen LogP contribution in [-0.4, -0.2) is 32.2 Å². The van der Waals surface area contributed by atoms with Crippen LogP contribution in [-0.2, 0) is 5.60 Å². The lowest BCUT2D eigenvalue weighted by Gasteiger charge is -2.21. The van der Waals surface area contributed by atoms with Gasteiger partial charge < -0.3 is 14.8 Å². The van der Waals surface area contributed by atoms with E-state index in [1.54, 1.807) is 41.8 Å². The van der Waals surface area contributed by atoms with Gasteiger partial charge in [0.15, 0.2) is 5.65 Å². The number of amides is 1. The van der Waals surface area contributed by atoms with E-state index >= 15 is 0 Å². The molecule has 7 heteroatoms. The van der Waals surface area contributed by atoms with Crippen LogP contribution in [0, 0.1) is 6.92 Å². The highest BCUT2D eigenvalue weighted by Gasteiger charge is 2.27. The maximum absolute atomic E-state index is 12.2. The molecule has 114 valence electrons. The van der Waals surface area contributed by atoms with E-state index in [0.29, 0.717) is 22.8 Å². The molecule has 3 aromatic heterocycles. The van der Waals surface area contributed by atoms with Gasteiger partial charge in [-0.3, -0.25) is 9.20 Å². The first-order valence-electron chi connectivity index (χ1n) is 6.83. The Kier molecular flexibility index (Phi) is 3.42. The average molecular weight is 300 g/mol. The van der Waals surface area contributed by atoms with E-state index in [1.165, 1.54) is 6.26 Å². The zero-order chi connectivity index (χ0) is 15.7. The Labute approximate surface area is 126 Å². The van der Waals surface area contributed by atoms with Crippen LogP contribution < -0.4 is 5.32 Å². The molecule has 0 fully saturated rings. The Hall–Kier alpha value is -2.67. The van der Waals surface area contributed by atoms with Gasteiger partial charge in [0.2, 0.25) is 0 Å². The predicted molar refractivity (Wildman–Crippen MR) is 78.3 cm³/mol. The number of hydrogen-bond acceptors (Lipinski definition) is 5. The third-order valence-corrected chi connectivity index (χ3v) is 3.48. The fourth-order valence-electron chi connectivity index (χ4n) is 2.17. The molecule has 1 unspecified atom stereocenters. The second-order valence-electron chi connectivity index (χ2n) is 5.33. The molecule has 0 spiro atoms. The lowest BCUT2D eigenvalue weighted by molar-refractivity contribution is 0.0330. The Morgan fingerprint density at radius 2 is 2.23 bits per heavy atom. The maximum Gasteiger partial charge on any atom is 0.252 e. The zero-order valence-electron chi connectivity index (χ0n) is 12.3. The topological polar surface area (TPSA) is 92.7 Å². The third-order valence-electron chi connectivity index (χ3n) is 3.48. The van der Waals surface area contributed by atoms with Crippen molar-refractivity contribution in [3.05, 3.63) is 53.9 Å². The smallest absolute Gasteiger partial charge is 0.252 e. The van der Waals surface area contributed by atoms with Crippen molar-refractivity contribution in [3.63, 3.8) is 0 Å². The standard InChI is InChI=1S/C15H16N4O3/c1-10-17-18-13-6-5-11(8-19(10)13)14(20)16-9-15(2,21)12-4-3-7-22-12/h3-8,21H,9H2,1-2H3,(H,16,20). The van der Waals surface area contributed by atoms with Crippen LogP contribution in [0.4, 0.5) is 0 Å². The van der Waals surface area contributed by atoms with Crippen molar-refractivity contribution in [2.75, 3.05) is 6.54 Å². The van der Waals surface area contributed by atoms with Crippen molar-refractivity contribution in [1.29, 1.82) is 0 Å². The average Bonchev–Trinajstić information content (AvgIpc) is 3.15. The molecule has 1 amide bonds. The largest absolute Gasteiger partial charge is 0.466 e. The molecule has 0 saturated heterocycles. The van der Waals surface area contributed by atoms with Gasteiger partial charge in [0.1, 0.15) is 17.2 Å². The van der Waals surface area contributed by atoms with Gasteiger partial charge in [-0.1, -0.05) is 0 Å². The molecule has 0 bridgehead atoms. The third kappa shape index (κ3) is 2.58. The highest BCUT2D eigenvalue weighted by Crippen LogP contribution is 2.20. The van der Waals surface area contributed by atoms with Gasteiger partial charge >= 0.3 is 0 Å². The Bertz CT molecular complexity index is 805. The quantitative estimate of drug-likeness (QED) is 0.757. The molecular weight excluding hydrogens is 284 g/mol. The molecule has 7 nitrogen and oxygen atoms in total. The molecule has 0 aliphatic heterocycles. The Morgan fingerprint density at radius 3 is 2.95 bits per heavy atom. The van der Waals surface area contributed by atoms with Gasteiger partial charge in [-0.05, 0) is 38.1 Å². The highest BCUT2D eigenvalue weighted by atomic mass is 16.4. The van der Waals surface area contributed by atoms with Crippen molar-refractivity contribution in [3.8, 4) is 0 Å². The van der Waals surface area contributed by atoms with Gasteiger partial charge in [-0.15, -0.1) is 10.2 Å². The number of aromatic nitrogens is 3. The number of rotatable bonds is 4. The molecule has 0 aromatic carbocycles. The minimum atomic E-state index is -1.27. The van der Waals surface area contributed by atoms with Crippen molar-refractivity contribution in [2.45, 2.75) is 19.4 Å². The SMILES string of the molecule is Cc1nnc2ccc(C(=O)NCC(C)(O)c3ccco3)cn12. The van der Waals surface area contributed by atoms with Crippen LogP contribution >= 0.6 is 0 Å². The number of aryl methyl sites for hydroxylation is 1. The first-order chi connectivity index (χ1) is 10.5. The summed E-state index contributed by atoms with van der Waals surface area (Å²) in [5.41, 5.74) is -0.127. The van der Waals surface area contributed by atoms with Crippen LogP contribution in [0.1, 0.15) is 28.9 Å². The summed E-state index contributed by atoms with van der Waals surface area (Å²) < 4.78 is 6.91. The fourth-order valence-corrected chi connectivity index (χ4v) is 2.17. The summed E-state index contributed by atoms with van der Waals surface area (Å²) in [6.07, 6.45) is 3.15. The summed E-state index contributed by atoms with van der Waals surface area (Å²) in [4.78, 5) is 12.2. The summed E-state index contributed by atoms with van der Waals surface area (Å²) in [6, 6.07) is 6.74. The highest BCUT2D eigenvalue weighted by molar-refractivity contribution is 5.94. The second-order valence-corrected chi connectivity index (χ2v) is 5.33. The predicted octanol–water partition coefficient (Wildman–Crippen LogP) is 1.27. The first-order valence-corrected chi connectivity index (χ1v) is 6.83. The van der Waals surface area contributed by atoms with Crippen LogP contribution in [0.5, 0.6) is 0 Å². The number of hydrogen-bond donors (Lipinski definition) is 2. The summed E-state index contributed by atoms with van der Waals surface area (Å²) in [5, 5.41) is 20.9. The molecular formula is C15H16N4O3. The van der Waals surface area contributed by atoms with E-state index in [0.717, 1.165) is 0 Å². The minimum Gasteiger partial charge on any atom is -0.466 e. The van der Waals surface area contributed by atoms with Crippen LogP contribution in [0.3, 0.4) is 0 Å². The summed E-state index contributed by atoms with van der Waals surface area (Å²) in [6.45, 7) is 3.43. The molecule has 3 rings (SSSR count). The van der Waals surface area contributed by atoms with Crippen LogP contribution in [0.15, 0.2) is 41.1 Å². The van der Waals surface area contributed by atoms with Gasteiger partial charge in [-0.25, -0.2) is 0 Å². The minimum absolute atomic E-state index is 0.0402. The number of fused-ring (bicyclic) bond motifs is 1. The number of furan rings is 1. The van der Waals surface area contributed by atoms with Crippen molar-refractivity contribution in [1.82, 2.24) is 19.9 Å². The van der Waals surface area contributed by atoms with E-state index in [2.05, 4.69) is 15.5 Å². The summed E-state index contributed by atoms with van der Waals surface area (Å²) in [5.74, 6) is 0.812. The number of pyridine rings is 1. The van der Waals surface area contributed by atoms with E-state index in [4.69, 9.17) is 4.42 Å². The maximum atomic E-state index is 12.2. The number of aliphatic hydroxyl groups is 1. The Morgan fingerprint density at radius 1 is 1.41 bits per heavy atom. The van der Waals surface area contributed by atoms with E-state index in [-0.39, 0.29) is 12.5 Å². The molecule has 0 saturated carbocycles. The summed E-state index contributed by atoms with van der Waals surface area (Å²) >= 11 is 0. The second kappa shape index (κ2) is 5.27.